The second kappa shape index (κ2) is 6.35. The first-order chi connectivity index (χ1) is 8.74. The van der Waals surface area contributed by atoms with Gasteiger partial charge in [-0.1, -0.05) is 44.9 Å². The Hall–Kier alpha value is -0.860. The first kappa shape index (κ1) is 13.6. The Labute approximate surface area is 114 Å². The summed E-state index contributed by atoms with van der Waals surface area (Å²) >= 11 is 1.93. The predicted molar refractivity (Wildman–Crippen MR) is 82.3 cm³/mol. The highest BCUT2D eigenvalue weighted by molar-refractivity contribution is 7.19. The van der Waals surface area contributed by atoms with E-state index in [-0.39, 0.29) is 0 Å². The number of fused-ring (bicyclic) bond motifs is 1. The van der Waals surface area contributed by atoms with Crippen molar-refractivity contribution in [2.24, 2.45) is 5.92 Å². The Balaban J connectivity index is 2.16. The molecule has 18 heavy (non-hydrogen) atoms. The minimum atomic E-state index is 0.504. The number of hydrogen-bond acceptors (Lipinski definition) is 2. The van der Waals surface area contributed by atoms with E-state index in [1.165, 1.54) is 34.2 Å². The molecule has 98 valence electrons. The molecule has 2 rings (SSSR count). The average Bonchev–Trinajstić information content (AvgIpc) is 2.79. The molecule has 0 amide bonds. The number of benzene rings is 1. The van der Waals surface area contributed by atoms with Crippen LogP contribution in [0.3, 0.4) is 0 Å². The van der Waals surface area contributed by atoms with Crippen LogP contribution in [0.15, 0.2) is 30.3 Å². The lowest BCUT2D eigenvalue weighted by Crippen LogP contribution is -2.17. The molecular weight excluding hydrogens is 238 g/mol. The summed E-state index contributed by atoms with van der Waals surface area (Å²) in [7, 11) is 2.08. The maximum Gasteiger partial charge on any atom is 0.0415 e. The standard InChI is InChI=1S/C16H23NS/c1-4-7-12(2)10-14(17-3)16-11-13-8-5-6-9-15(13)18-16/h5-6,8-9,11-12,14,17H,4,7,10H2,1-3H3. The summed E-state index contributed by atoms with van der Waals surface area (Å²) in [4.78, 5) is 1.47. The van der Waals surface area contributed by atoms with Crippen molar-refractivity contribution in [3.8, 4) is 0 Å². The molecule has 0 saturated heterocycles. The summed E-state index contributed by atoms with van der Waals surface area (Å²) in [5.41, 5.74) is 0. The molecule has 0 aliphatic rings. The highest BCUT2D eigenvalue weighted by atomic mass is 32.1. The fourth-order valence-corrected chi connectivity index (χ4v) is 3.75. The van der Waals surface area contributed by atoms with Gasteiger partial charge in [0.2, 0.25) is 0 Å². The Kier molecular flexibility index (Phi) is 4.79. The maximum absolute atomic E-state index is 3.48. The van der Waals surface area contributed by atoms with Gasteiger partial charge in [0.05, 0.1) is 0 Å². The van der Waals surface area contributed by atoms with E-state index in [2.05, 4.69) is 56.5 Å². The van der Waals surface area contributed by atoms with Crippen molar-refractivity contribution in [3.05, 3.63) is 35.2 Å². The van der Waals surface area contributed by atoms with Crippen molar-refractivity contribution >= 4 is 21.4 Å². The van der Waals surface area contributed by atoms with Gasteiger partial charge >= 0.3 is 0 Å². The molecule has 0 bridgehead atoms. The van der Waals surface area contributed by atoms with Crippen molar-refractivity contribution < 1.29 is 0 Å². The van der Waals surface area contributed by atoms with Crippen molar-refractivity contribution in [2.75, 3.05) is 7.05 Å². The third-order valence-corrected chi connectivity index (χ3v) is 4.79. The monoisotopic (exact) mass is 261 g/mol. The summed E-state index contributed by atoms with van der Waals surface area (Å²) in [6.45, 7) is 4.63. The highest BCUT2D eigenvalue weighted by Crippen LogP contribution is 2.33. The molecule has 0 fully saturated rings. The summed E-state index contributed by atoms with van der Waals surface area (Å²) in [6, 6.07) is 11.5. The van der Waals surface area contributed by atoms with Gasteiger partial charge in [-0.25, -0.2) is 0 Å². The number of nitrogens with one attached hydrogen (secondary N) is 1. The molecule has 1 aromatic heterocycles. The predicted octanol–water partition coefficient (Wildman–Crippen LogP) is 4.99. The van der Waals surface area contributed by atoms with E-state index in [1.54, 1.807) is 0 Å². The average molecular weight is 261 g/mol. The normalized spacial score (nSPS) is 14.8. The zero-order valence-corrected chi connectivity index (χ0v) is 12.4. The van der Waals surface area contributed by atoms with Gasteiger partial charge in [0.15, 0.2) is 0 Å². The van der Waals surface area contributed by atoms with Gasteiger partial charge in [-0.15, -0.1) is 11.3 Å². The van der Waals surface area contributed by atoms with Crippen LogP contribution in [0.4, 0.5) is 0 Å². The van der Waals surface area contributed by atoms with E-state index < -0.39 is 0 Å². The smallest absolute Gasteiger partial charge is 0.0415 e. The summed E-state index contributed by atoms with van der Waals surface area (Å²) in [5, 5.41) is 4.85. The van der Waals surface area contributed by atoms with E-state index in [0.29, 0.717) is 6.04 Å². The Morgan fingerprint density at radius 2 is 2.06 bits per heavy atom. The lowest BCUT2D eigenvalue weighted by Gasteiger charge is -2.19. The van der Waals surface area contributed by atoms with Crippen LogP contribution in [0.1, 0.15) is 44.0 Å². The number of hydrogen-bond donors (Lipinski definition) is 1. The first-order valence-electron chi connectivity index (χ1n) is 6.90. The summed E-state index contributed by atoms with van der Waals surface area (Å²) < 4.78 is 1.40. The van der Waals surface area contributed by atoms with Gasteiger partial charge in [-0.2, -0.15) is 0 Å². The van der Waals surface area contributed by atoms with Gasteiger partial charge in [0.25, 0.3) is 0 Å². The van der Waals surface area contributed by atoms with Gasteiger partial charge < -0.3 is 5.32 Å². The van der Waals surface area contributed by atoms with Gasteiger partial charge in [0.1, 0.15) is 0 Å². The molecule has 0 aliphatic carbocycles. The second-order valence-corrected chi connectivity index (χ2v) is 6.27. The van der Waals surface area contributed by atoms with Crippen LogP contribution < -0.4 is 5.32 Å². The molecule has 2 atom stereocenters. The van der Waals surface area contributed by atoms with Gasteiger partial charge in [0, 0.05) is 15.6 Å². The maximum atomic E-state index is 3.48. The zero-order chi connectivity index (χ0) is 13.0. The van der Waals surface area contributed by atoms with Crippen LogP contribution in [-0.2, 0) is 0 Å². The second-order valence-electron chi connectivity index (χ2n) is 5.16. The zero-order valence-electron chi connectivity index (χ0n) is 11.6. The van der Waals surface area contributed by atoms with E-state index in [4.69, 9.17) is 0 Å². The molecule has 0 saturated carbocycles. The van der Waals surface area contributed by atoms with Gasteiger partial charge in [-0.3, -0.25) is 0 Å². The molecule has 2 aromatic rings. The fraction of sp³-hybridized carbons (Fsp3) is 0.500. The van der Waals surface area contributed by atoms with E-state index in [0.717, 1.165) is 5.92 Å². The minimum absolute atomic E-state index is 0.504. The number of thiophene rings is 1. The van der Waals surface area contributed by atoms with Crippen molar-refractivity contribution in [3.63, 3.8) is 0 Å². The Bertz CT molecular complexity index is 456. The highest BCUT2D eigenvalue weighted by Gasteiger charge is 2.15. The molecule has 1 N–H and O–H groups in total. The largest absolute Gasteiger partial charge is 0.312 e. The third-order valence-electron chi connectivity index (χ3n) is 3.56. The molecule has 1 aromatic carbocycles. The van der Waals surface area contributed by atoms with Crippen LogP contribution in [0, 0.1) is 5.92 Å². The molecule has 1 heterocycles. The van der Waals surface area contributed by atoms with E-state index >= 15 is 0 Å². The molecule has 2 unspecified atom stereocenters. The number of rotatable bonds is 6. The summed E-state index contributed by atoms with van der Waals surface area (Å²) in [5.74, 6) is 0.790. The van der Waals surface area contributed by atoms with Crippen LogP contribution in [-0.4, -0.2) is 7.05 Å². The van der Waals surface area contributed by atoms with Crippen LogP contribution in [0.5, 0.6) is 0 Å². The van der Waals surface area contributed by atoms with Crippen molar-refractivity contribution in [1.29, 1.82) is 0 Å². The SMILES string of the molecule is CCCC(C)CC(NC)c1cc2ccccc2s1. The fourth-order valence-electron chi connectivity index (χ4n) is 2.56. The molecule has 2 heteroatoms. The van der Waals surface area contributed by atoms with Crippen molar-refractivity contribution in [2.45, 2.75) is 39.2 Å². The topological polar surface area (TPSA) is 12.0 Å². The summed E-state index contributed by atoms with van der Waals surface area (Å²) in [6.07, 6.45) is 3.84. The van der Waals surface area contributed by atoms with E-state index in [9.17, 15) is 0 Å². The van der Waals surface area contributed by atoms with Crippen LogP contribution >= 0.6 is 11.3 Å². The van der Waals surface area contributed by atoms with Crippen molar-refractivity contribution in [1.82, 2.24) is 5.32 Å². The lowest BCUT2D eigenvalue weighted by atomic mass is 9.96. The molecule has 0 radical (unpaired) electrons. The quantitative estimate of drug-likeness (QED) is 0.772. The Morgan fingerprint density at radius 1 is 1.28 bits per heavy atom. The lowest BCUT2D eigenvalue weighted by molar-refractivity contribution is 0.410. The minimum Gasteiger partial charge on any atom is -0.312 e. The molecule has 1 nitrogen and oxygen atoms in total. The molecule has 0 spiro atoms. The van der Waals surface area contributed by atoms with Crippen LogP contribution in [0.2, 0.25) is 0 Å². The molecular formula is C16H23NS. The Morgan fingerprint density at radius 3 is 2.72 bits per heavy atom. The van der Waals surface area contributed by atoms with Crippen LogP contribution in [0.25, 0.3) is 10.1 Å². The van der Waals surface area contributed by atoms with E-state index in [1.807, 2.05) is 11.3 Å². The first-order valence-corrected chi connectivity index (χ1v) is 7.72. The molecule has 0 aliphatic heterocycles. The third kappa shape index (κ3) is 3.12. The van der Waals surface area contributed by atoms with Gasteiger partial charge in [-0.05, 0) is 36.9 Å².